The molecule has 0 amide bonds. The molecule has 0 aromatic rings. The third-order valence-electron chi connectivity index (χ3n) is 3.59. The Kier molecular flexibility index (Phi) is 1.69. The third kappa shape index (κ3) is 0.859. The van der Waals surface area contributed by atoms with E-state index >= 15 is 0 Å². The molecule has 2 aliphatic rings. The van der Waals surface area contributed by atoms with Crippen LogP contribution in [0, 0.1) is 0 Å². The fourth-order valence-corrected chi connectivity index (χ4v) is 2.69. The Morgan fingerprint density at radius 1 is 1.45 bits per heavy atom. The van der Waals surface area contributed by atoms with Gasteiger partial charge in [-0.2, -0.15) is 0 Å². The van der Waals surface area contributed by atoms with Crippen molar-refractivity contribution < 1.29 is 4.74 Å². The van der Waals surface area contributed by atoms with Gasteiger partial charge in [-0.1, -0.05) is 0 Å². The zero-order valence-electron chi connectivity index (χ0n) is 7.47. The molecular weight excluding hydrogens is 138 g/mol. The van der Waals surface area contributed by atoms with Gasteiger partial charge in [0.05, 0.1) is 6.10 Å². The molecule has 0 radical (unpaired) electrons. The summed E-state index contributed by atoms with van der Waals surface area (Å²) in [5.74, 6) is 0. The summed E-state index contributed by atoms with van der Waals surface area (Å²) in [5.41, 5.74) is 0.453. The predicted octanol–water partition coefficient (Wildman–Crippen LogP) is 1.26. The van der Waals surface area contributed by atoms with Crippen LogP contribution in [0.1, 0.15) is 25.7 Å². The molecule has 2 unspecified atom stereocenters. The zero-order valence-corrected chi connectivity index (χ0v) is 7.47. The van der Waals surface area contributed by atoms with Gasteiger partial charge in [-0.25, -0.2) is 0 Å². The molecule has 0 N–H and O–H groups in total. The van der Waals surface area contributed by atoms with Crippen molar-refractivity contribution >= 4 is 0 Å². The monoisotopic (exact) mass is 155 g/mol. The summed E-state index contributed by atoms with van der Waals surface area (Å²) in [6, 6.07) is 0. The van der Waals surface area contributed by atoms with Crippen LogP contribution in [0.5, 0.6) is 0 Å². The zero-order chi connectivity index (χ0) is 7.90. The van der Waals surface area contributed by atoms with Gasteiger partial charge in [0, 0.05) is 12.6 Å². The Morgan fingerprint density at radius 2 is 2.27 bits per heavy atom. The molecule has 1 spiro atoms. The molecule has 2 nitrogen and oxygen atoms in total. The molecule has 2 rings (SSSR count). The van der Waals surface area contributed by atoms with E-state index in [0.717, 1.165) is 0 Å². The number of hydrogen-bond acceptors (Lipinski definition) is 2. The molecule has 1 aliphatic heterocycles. The van der Waals surface area contributed by atoms with Gasteiger partial charge in [0.2, 0.25) is 0 Å². The normalized spacial score (nSPS) is 44.7. The molecule has 64 valence electrons. The average molecular weight is 155 g/mol. The van der Waals surface area contributed by atoms with Crippen molar-refractivity contribution in [3.8, 4) is 0 Å². The molecule has 2 atom stereocenters. The maximum absolute atomic E-state index is 5.45. The Labute approximate surface area is 68.5 Å². The van der Waals surface area contributed by atoms with E-state index in [-0.39, 0.29) is 0 Å². The highest BCUT2D eigenvalue weighted by Gasteiger charge is 2.51. The molecular formula is C9H17NO. The lowest BCUT2D eigenvalue weighted by Crippen LogP contribution is -2.59. The van der Waals surface area contributed by atoms with Crippen LogP contribution in [0.4, 0.5) is 0 Å². The van der Waals surface area contributed by atoms with Crippen LogP contribution in [0.25, 0.3) is 0 Å². The number of methoxy groups -OCH3 is 1. The minimum Gasteiger partial charge on any atom is -0.380 e. The number of ether oxygens (including phenoxy) is 1. The van der Waals surface area contributed by atoms with Crippen LogP contribution >= 0.6 is 0 Å². The molecule has 2 heteroatoms. The highest BCUT2D eigenvalue weighted by Crippen LogP contribution is 2.45. The predicted molar refractivity (Wildman–Crippen MR) is 44.6 cm³/mol. The standard InChI is InChI=1S/C9H17NO/c1-10-7-3-5-9(10)6-4-8(9)11-2/h8H,3-7H2,1-2H3. The van der Waals surface area contributed by atoms with Gasteiger partial charge >= 0.3 is 0 Å². The van der Waals surface area contributed by atoms with E-state index in [2.05, 4.69) is 11.9 Å². The molecule has 0 aromatic heterocycles. The average Bonchev–Trinajstić information content (AvgIpc) is 2.32. The van der Waals surface area contributed by atoms with Gasteiger partial charge in [-0.05, 0) is 39.3 Å². The van der Waals surface area contributed by atoms with Gasteiger partial charge in [-0.3, -0.25) is 4.90 Å². The molecule has 0 aromatic carbocycles. The summed E-state index contributed by atoms with van der Waals surface area (Å²) in [4.78, 5) is 2.49. The molecule has 1 saturated heterocycles. The lowest BCUT2D eigenvalue weighted by molar-refractivity contribution is -0.0953. The van der Waals surface area contributed by atoms with E-state index in [0.29, 0.717) is 11.6 Å². The van der Waals surface area contributed by atoms with Crippen LogP contribution in [0.15, 0.2) is 0 Å². The first-order valence-corrected chi connectivity index (χ1v) is 4.54. The first-order chi connectivity index (χ1) is 5.29. The number of rotatable bonds is 1. The Balaban J connectivity index is 2.09. The first kappa shape index (κ1) is 7.56. The number of hydrogen-bond donors (Lipinski definition) is 0. The highest BCUT2D eigenvalue weighted by atomic mass is 16.5. The summed E-state index contributed by atoms with van der Waals surface area (Å²) in [5, 5.41) is 0. The van der Waals surface area contributed by atoms with E-state index in [1.807, 2.05) is 7.11 Å². The van der Waals surface area contributed by atoms with Gasteiger partial charge in [0.1, 0.15) is 0 Å². The van der Waals surface area contributed by atoms with Crippen molar-refractivity contribution in [2.45, 2.75) is 37.3 Å². The summed E-state index contributed by atoms with van der Waals surface area (Å²) in [6.07, 6.45) is 5.84. The highest BCUT2D eigenvalue weighted by molar-refractivity contribution is 5.07. The van der Waals surface area contributed by atoms with E-state index in [1.165, 1.54) is 32.2 Å². The second kappa shape index (κ2) is 2.46. The first-order valence-electron chi connectivity index (χ1n) is 4.54. The lowest BCUT2D eigenvalue weighted by atomic mass is 9.72. The molecule has 1 saturated carbocycles. The smallest absolute Gasteiger partial charge is 0.0755 e. The van der Waals surface area contributed by atoms with Crippen LogP contribution in [0.3, 0.4) is 0 Å². The van der Waals surface area contributed by atoms with Crippen molar-refractivity contribution in [1.82, 2.24) is 4.90 Å². The third-order valence-corrected chi connectivity index (χ3v) is 3.59. The summed E-state index contributed by atoms with van der Waals surface area (Å²) >= 11 is 0. The Hall–Kier alpha value is -0.0800. The topological polar surface area (TPSA) is 12.5 Å². The number of nitrogens with zero attached hydrogens (tertiary/aromatic N) is 1. The molecule has 0 bridgehead atoms. The van der Waals surface area contributed by atoms with Gasteiger partial charge in [0.15, 0.2) is 0 Å². The molecule has 2 fully saturated rings. The molecule has 1 heterocycles. The minimum absolute atomic E-state index is 0.453. The maximum Gasteiger partial charge on any atom is 0.0755 e. The maximum atomic E-state index is 5.45. The summed E-state index contributed by atoms with van der Waals surface area (Å²) in [6.45, 7) is 1.26. The van der Waals surface area contributed by atoms with Gasteiger partial charge in [-0.15, -0.1) is 0 Å². The van der Waals surface area contributed by atoms with E-state index in [4.69, 9.17) is 4.74 Å². The molecule has 11 heavy (non-hydrogen) atoms. The largest absolute Gasteiger partial charge is 0.380 e. The van der Waals surface area contributed by atoms with Gasteiger partial charge < -0.3 is 4.74 Å². The van der Waals surface area contributed by atoms with Crippen molar-refractivity contribution in [3.63, 3.8) is 0 Å². The summed E-state index contributed by atoms with van der Waals surface area (Å²) in [7, 11) is 4.08. The van der Waals surface area contributed by atoms with Crippen molar-refractivity contribution in [2.24, 2.45) is 0 Å². The number of likely N-dealkylation sites (N-methyl/N-ethyl adjacent to an activating group) is 1. The lowest BCUT2D eigenvalue weighted by Gasteiger charge is -2.50. The van der Waals surface area contributed by atoms with Crippen LogP contribution in [0.2, 0.25) is 0 Å². The van der Waals surface area contributed by atoms with Crippen molar-refractivity contribution in [3.05, 3.63) is 0 Å². The fourth-order valence-electron chi connectivity index (χ4n) is 2.69. The van der Waals surface area contributed by atoms with Crippen LogP contribution in [-0.2, 0) is 4.74 Å². The van der Waals surface area contributed by atoms with Crippen LogP contribution in [-0.4, -0.2) is 37.2 Å². The fraction of sp³-hybridized carbons (Fsp3) is 1.00. The number of likely N-dealkylation sites (tertiary alicyclic amines) is 1. The van der Waals surface area contributed by atoms with E-state index < -0.39 is 0 Å². The second-order valence-electron chi connectivity index (χ2n) is 3.89. The molecule has 1 aliphatic carbocycles. The van der Waals surface area contributed by atoms with Gasteiger partial charge in [0.25, 0.3) is 0 Å². The minimum atomic E-state index is 0.453. The van der Waals surface area contributed by atoms with Crippen molar-refractivity contribution in [1.29, 1.82) is 0 Å². The summed E-state index contributed by atoms with van der Waals surface area (Å²) < 4.78 is 5.45. The SMILES string of the molecule is COC1CCC12CCCN2C. The Morgan fingerprint density at radius 3 is 2.64 bits per heavy atom. The van der Waals surface area contributed by atoms with E-state index in [9.17, 15) is 0 Å². The van der Waals surface area contributed by atoms with E-state index in [1.54, 1.807) is 0 Å². The quantitative estimate of drug-likeness (QED) is 0.565. The van der Waals surface area contributed by atoms with Crippen LogP contribution < -0.4 is 0 Å². The Bertz CT molecular complexity index is 158. The second-order valence-corrected chi connectivity index (χ2v) is 3.89. The van der Waals surface area contributed by atoms with Crippen molar-refractivity contribution in [2.75, 3.05) is 20.7 Å².